The van der Waals surface area contributed by atoms with E-state index in [2.05, 4.69) is 23.1 Å². The molecule has 0 radical (unpaired) electrons. The third kappa shape index (κ3) is 5.80. The summed E-state index contributed by atoms with van der Waals surface area (Å²) in [5, 5.41) is 9.65. The molecule has 3 rings (SSSR count). The largest absolute Gasteiger partial charge is 0.493 e. The van der Waals surface area contributed by atoms with Gasteiger partial charge >= 0.3 is 0 Å². The number of aliphatic hydroxyl groups is 1. The van der Waals surface area contributed by atoms with E-state index in [1.165, 1.54) is 11.1 Å². The van der Waals surface area contributed by atoms with Gasteiger partial charge in [-0.25, -0.2) is 0 Å². The Morgan fingerprint density at radius 1 is 0.933 bits per heavy atom. The highest BCUT2D eigenvalue weighted by molar-refractivity contribution is 5.55. The Labute approximate surface area is 179 Å². The lowest BCUT2D eigenvalue weighted by Crippen LogP contribution is -2.36. The molecule has 1 aliphatic rings. The molecule has 6 heteroatoms. The van der Waals surface area contributed by atoms with Crippen LogP contribution in [-0.2, 0) is 13.0 Å². The molecule has 164 valence electrons. The fourth-order valence-corrected chi connectivity index (χ4v) is 3.88. The van der Waals surface area contributed by atoms with Gasteiger partial charge in [-0.2, -0.15) is 0 Å². The van der Waals surface area contributed by atoms with Gasteiger partial charge in [0, 0.05) is 25.2 Å². The molecule has 0 saturated carbocycles. The van der Waals surface area contributed by atoms with E-state index in [0.717, 1.165) is 45.3 Å². The Hall–Kier alpha value is -2.44. The predicted octanol–water partition coefficient (Wildman–Crippen LogP) is 3.68. The van der Waals surface area contributed by atoms with Crippen LogP contribution in [0.25, 0.3) is 0 Å². The molecule has 0 bridgehead atoms. The predicted molar refractivity (Wildman–Crippen MR) is 117 cm³/mol. The molecule has 1 saturated heterocycles. The summed E-state index contributed by atoms with van der Waals surface area (Å²) in [5.74, 6) is 2.38. The van der Waals surface area contributed by atoms with Crippen LogP contribution in [0.1, 0.15) is 30.4 Å². The van der Waals surface area contributed by atoms with Gasteiger partial charge in [0.1, 0.15) is 12.4 Å². The van der Waals surface area contributed by atoms with Gasteiger partial charge < -0.3 is 29.0 Å². The maximum Gasteiger partial charge on any atom is 0.203 e. The van der Waals surface area contributed by atoms with E-state index in [9.17, 15) is 5.11 Å². The van der Waals surface area contributed by atoms with Crippen molar-refractivity contribution in [1.82, 2.24) is 4.90 Å². The van der Waals surface area contributed by atoms with Crippen LogP contribution in [0, 0.1) is 0 Å². The van der Waals surface area contributed by atoms with Crippen LogP contribution in [0.2, 0.25) is 0 Å². The van der Waals surface area contributed by atoms with Gasteiger partial charge in [-0.15, -0.1) is 0 Å². The SMILES string of the molecule is COc1cc(OCc2ccccc2CCCN2CCC(O)CC2)cc(OC)c1OC. The molecule has 30 heavy (non-hydrogen) atoms. The molecule has 2 aromatic carbocycles. The van der Waals surface area contributed by atoms with Crippen LogP contribution in [0.4, 0.5) is 0 Å². The van der Waals surface area contributed by atoms with Gasteiger partial charge in [0.2, 0.25) is 5.75 Å². The van der Waals surface area contributed by atoms with E-state index in [-0.39, 0.29) is 6.10 Å². The zero-order valence-electron chi connectivity index (χ0n) is 18.2. The van der Waals surface area contributed by atoms with Crippen LogP contribution in [0.15, 0.2) is 36.4 Å². The molecule has 0 aromatic heterocycles. The van der Waals surface area contributed by atoms with E-state index in [4.69, 9.17) is 18.9 Å². The number of hydrogen-bond donors (Lipinski definition) is 1. The summed E-state index contributed by atoms with van der Waals surface area (Å²) in [6, 6.07) is 12.0. The maximum atomic E-state index is 9.65. The number of hydrogen-bond acceptors (Lipinski definition) is 6. The second-order valence-electron chi connectivity index (χ2n) is 7.59. The van der Waals surface area contributed by atoms with Crippen LogP contribution in [0.3, 0.4) is 0 Å². The molecule has 0 aliphatic carbocycles. The first-order chi connectivity index (χ1) is 14.6. The molecule has 1 fully saturated rings. The lowest BCUT2D eigenvalue weighted by Gasteiger charge is -2.29. The van der Waals surface area contributed by atoms with Crippen molar-refractivity contribution in [2.75, 3.05) is 41.0 Å². The first-order valence-corrected chi connectivity index (χ1v) is 10.5. The summed E-state index contributed by atoms with van der Waals surface area (Å²) in [6.07, 6.45) is 3.76. The van der Waals surface area contributed by atoms with E-state index in [1.807, 2.05) is 18.2 Å². The number of benzene rings is 2. The Morgan fingerprint density at radius 2 is 1.57 bits per heavy atom. The quantitative estimate of drug-likeness (QED) is 0.639. The third-order valence-corrected chi connectivity index (χ3v) is 5.63. The summed E-state index contributed by atoms with van der Waals surface area (Å²) in [6.45, 7) is 3.53. The molecule has 0 amide bonds. The summed E-state index contributed by atoms with van der Waals surface area (Å²) >= 11 is 0. The maximum absolute atomic E-state index is 9.65. The van der Waals surface area contributed by atoms with E-state index in [1.54, 1.807) is 21.3 Å². The third-order valence-electron chi connectivity index (χ3n) is 5.63. The van der Waals surface area contributed by atoms with Crippen molar-refractivity contribution in [3.8, 4) is 23.0 Å². The highest BCUT2D eigenvalue weighted by Gasteiger charge is 2.17. The molecule has 0 spiro atoms. The fourth-order valence-electron chi connectivity index (χ4n) is 3.88. The zero-order chi connectivity index (χ0) is 21.3. The van der Waals surface area contributed by atoms with Crippen molar-refractivity contribution >= 4 is 0 Å². The number of aryl methyl sites for hydroxylation is 1. The lowest BCUT2D eigenvalue weighted by molar-refractivity contribution is 0.0821. The van der Waals surface area contributed by atoms with Crippen LogP contribution in [-0.4, -0.2) is 57.1 Å². The molecule has 0 atom stereocenters. The van der Waals surface area contributed by atoms with Crippen molar-refractivity contribution in [3.05, 3.63) is 47.5 Å². The average Bonchev–Trinajstić information content (AvgIpc) is 2.78. The van der Waals surface area contributed by atoms with Gasteiger partial charge in [-0.3, -0.25) is 0 Å². The number of aliphatic hydroxyl groups excluding tert-OH is 1. The Balaban J connectivity index is 1.60. The van der Waals surface area contributed by atoms with E-state index >= 15 is 0 Å². The topological polar surface area (TPSA) is 60.4 Å². The monoisotopic (exact) mass is 415 g/mol. The smallest absolute Gasteiger partial charge is 0.203 e. The molecule has 0 unspecified atom stereocenters. The Bertz CT molecular complexity index is 777. The van der Waals surface area contributed by atoms with Gasteiger partial charge in [0.25, 0.3) is 0 Å². The van der Waals surface area contributed by atoms with Crippen molar-refractivity contribution in [2.45, 2.75) is 38.4 Å². The zero-order valence-corrected chi connectivity index (χ0v) is 18.2. The highest BCUT2D eigenvalue weighted by Crippen LogP contribution is 2.41. The summed E-state index contributed by atoms with van der Waals surface area (Å²) in [4.78, 5) is 2.45. The lowest BCUT2D eigenvalue weighted by atomic mass is 10.0. The van der Waals surface area contributed by atoms with Crippen molar-refractivity contribution in [1.29, 1.82) is 0 Å². The minimum absolute atomic E-state index is 0.116. The van der Waals surface area contributed by atoms with Gasteiger partial charge in [0.15, 0.2) is 11.5 Å². The summed E-state index contributed by atoms with van der Waals surface area (Å²) in [7, 11) is 4.78. The van der Waals surface area contributed by atoms with Gasteiger partial charge in [-0.05, 0) is 43.4 Å². The molecule has 1 N–H and O–H groups in total. The molecule has 1 aliphatic heterocycles. The number of ether oxygens (including phenoxy) is 4. The minimum Gasteiger partial charge on any atom is -0.493 e. The van der Waals surface area contributed by atoms with Crippen molar-refractivity contribution in [2.24, 2.45) is 0 Å². The van der Waals surface area contributed by atoms with Crippen LogP contribution in [0.5, 0.6) is 23.0 Å². The summed E-state index contributed by atoms with van der Waals surface area (Å²) in [5.41, 5.74) is 2.49. The summed E-state index contributed by atoms with van der Waals surface area (Å²) < 4.78 is 22.3. The number of rotatable bonds is 10. The van der Waals surface area contributed by atoms with Crippen LogP contribution < -0.4 is 18.9 Å². The normalized spacial score (nSPS) is 15.1. The highest BCUT2D eigenvalue weighted by atomic mass is 16.5. The molecule has 2 aromatic rings. The van der Waals surface area contributed by atoms with E-state index < -0.39 is 0 Å². The van der Waals surface area contributed by atoms with Crippen LogP contribution >= 0.6 is 0 Å². The number of methoxy groups -OCH3 is 3. The number of likely N-dealkylation sites (tertiary alicyclic amines) is 1. The molecule has 6 nitrogen and oxygen atoms in total. The first kappa shape index (κ1) is 22.2. The number of nitrogens with zero attached hydrogens (tertiary/aromatic N) is 1. The fraction of sp³-hybridized carbons (Fsp3) is 0.500. The Kier molecular flexibility index (Phi) is 8.22. The average molecular weight is 416 g/mol. The first-order valence-electron chi connectivity index (χ1n) is 10.5. The van der Waals surface area contributed by atoms with Crippen molar-refractivity contribution in [3.63, 3.8) is 0 Å². The van der Waals surface area contributed by atoms with Gasteiger partial charge in [0.05, 0.1) is 27.4 Å². The standard InChI is InChI=1S/C24H33NO5/c1-27-22-15-21(16-23(28-2)24(22)29-3)30-17-19-8-5-4-7-18(19)9-6-12-25-13-10-20(26)11-14-25/h4-5,7-8,15-16,20,26H,6,9-14,17H2,1-3H3. The van der Waals surface area contributed by atoms with E-state index in [0.29, 0.717) is 29.6 Å². The molecular weight excluding hydrogens is 382 g/mol. The minimum atomic E-state index is -0.116. The molecular formula is C24H33NO5. The number of piperidine rings is 1. The van der Waals surface area contributed by atoms with Crippen molar-refractivity contribution < 1.29 is 24.1 Å². The molecule has 1 heterocycles. The Morgan fingerprint density at radius 3 is 2.17 bits per heavy atom. The van der Waals surface area contributed by atoms with Gasteiger partial charge in [-0.1, -0.05) is 24.3 Å². The second kappa shape index (κ2) is 11.1. The second-order valence-corrected chi connectivity index (χ2v) is 7.59.